The second kappa shape index (κ2) is 10.9. The van der Waals surface area contributed by atoms with Crippen molar-refractivity contribution in [3.05, 3.63) is 75.9 Å². The van der Waals surface area contributed by atoms with Crippen LogP contribution in [-0.4, -0.2) is 63.6 Å². The number of fused-ring (bicyclic) bond motifs is 1. The van der Waals surface area contributed by atoms with Gasteiger partial charge >= 0.3 is 5.97 Å². The van der Waals surface area contributed by atoms with E-state index in [4.69, 9.17) is 26.3 Å². The van der Waals surface area contributed by atoms with E-state index in [-0.39, 0.29) is 16.5 Å². The maximum absolute atomic E-state index is 14.4. The Labute approximate surface area is 256 Å². The number of methoxy groups -OCH3 is 1. The quantitative estimate of drug-likeness (QED) is 0.238. The number of ether oxygens (including phenoxy) is 1. The van der Waals surface area contributed by atoms with Crippen molar-refractivity contribution in [3.8, 4) is 11.1 Å². The zero-order valence-electron chi connectivity index (χ0n) is 25.9. The Kier molecular flexibility index (Phi) is 7.75. The first-order chi connectivity index (χ1) is 20.1. The highest BCUT2D eigenvalue weighted by Gasteiger charge is 2.38. The fourth-order valence-corrected chi connectivity index (χ4v) is 5.99. The second-order valence-corrected chi connectivity index (χ2v) is 13.1. The number of rotatable bonds is 4. The van der Waals surface area contributed by atoms with Crippen LogP contribution in [0, 0.1) is 19.7 Å². The number of piperazine rings is 1. The third-order valence-electron chi connectivity index (χ3n) is 8.07. The number of carbonyl (C=O) groups is 2. The fourth-order valence-electron chi connectivity index (χ4n) is 5.88. The average Bonchev–Trinajstić information content (AvgIpc) is 3.32. The normalized spacial score (nSPS) is 15.2. The van der Waals surface area contributed by atoms with Crippen LogP contribution in [0.1, 0.15) is 66.7 Å². The summed E-state index contributed by atoms with van der Waals surface area (Å²) >= 11 is 5.94. The molecule has 4 heterocycles. The van der Waals surface area contributed by atoms with Gasteiger partial charge in [0.05, 0.1) is 28.9 Å². The highest BCUT2D eigenvalue weighted by atomic mass is 35.5. The molecule has 1 aliphatic heterocycles. The number of amides is 1. The van der Waals surface area contributed by atoms with Gasteiger partial charge in [-0.1, -0.05) is 17.7 Å². The molecule has 0 aliphatic carbocycles. The topological polar surface area (TPSA) is 80.6 Å². The zero-order valence-corrected chi connectivity index (χ0v) is 26.6. The van der Waals surface area contributed by atoms with E-state index in [9.17, 15) is 14.0 Å². The molecule has 0 saturated carbocycles. The van der Waals surface area contributed by atoms with Crippen LogP contribution in [0.25, 0.3) is 22.2 Å². The van der Waals surface area contributed by atoms with Crippen molar-refractivity contribution in [1.29, 1.82) is 0 Å². The number of anilines is 1. The Hall–Kier alpha value is -3.98. The van der Waals surface area contributed by atoms with Gasteiger partial charge in [-0.25, -0.2) is 19.2 Å². The molecule has 8 nitrogen and oxygen atoms in total. The van der Waals surface area contributed by atoms with Crippen molar-refractivity contribution >= 4 is 40.3 Å². The van der Waals surface area contributed by atoms with Crippen molar-refractivity contribution in [1.82, 2.24) is 19.4 Å². The molecule has 1 fully saturated rings. The highest BCUT2D eigenvalue weighted by molar-refractivity contribution is 6.30. The molecular formula is C33H37ClFN5O3. The van der Waals surface area contributed by atoms with E-state index in [1.54, 1.807) is 25.1 Å². The molecule has 0 bridgehead atoms. The van der Waals surface area contributed by atoms with Crippen LogP contribution >= 0.6 is 11.6 Å². The van der Waals surface area contributed by atoms with Gasteiger partial charge in [0, 0.05) is 42.3 Å². The summed E-state index contributed by atoms with van der Waals surface area (Å²) in [4.78, 5) is 39.8. The van der Waals surface area contributed by atoms with Gasteiger partial charge in [-0.05, 0) is 89.9 Å². The molecule has 3 aromatic heterocycles. The lowest BCUT2D eigenvalue weighted by molar-refractivity contribution is 0.0506. The molecule has 0 radical (unpaired) electrons. The van der Waals surface area contributed by atoms with E-state index in [2.05, 4.69) is 25.7 Å². The first kappa shape index (κ1) is 30.5. The lowest BCUT2D eigenvalue weighted by Crippen LogP contribution is -2.61. The van der Waals surface area contributed by atoms with Crippen LogP contribution in [0.3, 0.4) is 0 Å². The molecule has 226 valence electrons. The highest BCUT2D eigenvalue weighted by Crippen LogP contribution is 2.35. The predicted octanol–water partition coefficient (Wildman–Crippen LogP) is 6.79. The molecule has 5 rings (SSSR count). The Morgan fingerprint density at radius 2 is 1.77 bits per heavy atom. The number of pyridine rings is 2. The number of carbonyl (C=O) groups excluding carboxylic acids is 2. The van der Waals surface area contributed by atoms with E-state index in [0.717, 1.165) is 22.3 Å². The average molecular weight is 606 g/mol. The molecular weight excluding hydrogens is 569 g/mol. The summed E-state index contributed by atoms with van der Waals surface area (Å²) in [5.74, 6) is -0.290. The maximum atomic E-state index is 14.4. The lowest BCUT2D eigenvalue weighted by atomic mass is 9.97. The van der Waals surface area contributed by atoms with Crippen molar-refractivity contribution < 1.29 is 18.7 Å². The van der Waals surface area contributed by atoms with Crippen molar-refractivity contribution in [3.63, 3.8) is 0 Å². The third-order valence-corrected chi connectivity index (χ3v) is 8.38. The first-order valence-corrected chi connectivity index (χ1v) is 14.6. The second-order valence-electron chi connectivity index (χ2n) is 12.7. The number of aryl methyl sites for hydroxylation is 2. The molecule has 0 N–H and O–H groups in total. The number of benzene rings is 1. The van der Waals surface area contributed by atoms with Gasteiger partial charge in [0.15, 0.2) is 0 Å². The number of halogens is 2. The van der Waals surface area contributed by atoms with Crippen LogP contribution in [0.4, 0.5) is 10.2 Å². The third kappa shape index (κ3) is 5.58. The zero-order chi connectivity index (χ0) is 31.4. The van der Waals surface area contributed by atoms with Gasteiger partial charge in [0.25, 0.3) is 5.91 Å². The molecule has 1 aliphatic rings. The molecule has 0 atom stereocenters. The lowest BCUT2D eigenvalue weighted by Gasteiger charge is -2.47. The maximum Gasteiger partial charge on any atom is 0.339 e. The minimum Gasteiger partial charge on any atom is -0.465 e. The number of hydrogen-bond donors (Lipinski definition) is 0. The molecule has 1 saturated heterocycles. The van der Waals surface area contributed by atoms with Gasteiger partial charge in [-0.2, -0.15) is 0 Å². The van der Waals surface area contributed by atoms with E-state index < -0.39 is 17.3 Å². The van der Waals surface area contributed by atoms with Crippen LogP contribution < -0.4 is 4.90 Å². The number of esters is 1. The number of nitrogens with zero attached hydrogens (tertiary/aromatic N) is 5. The minimum absolute atomic E-state index is 0.0660. The van der Waals surface area contributed by atoms with E-state index >= 15 is 0 Å². The Bertz CT molecular complexity index is 1730. The van der Waals surface area contributed by atoms with Crippen LogP contribution in [0.5, 0.6) is 0 Å². The molecule has 0 unspecified atom stereocenters. The Morgan fingerprint density at radius 1 is 1.05 bits per heavy atom. The molecule has 1 aromatic carbocycles. The summed E-state index contributed by atoms with van der Waals surface area (Å²) in [6.07, 6.45) is 1.96. The van der Waals surface area contributed by atoms with Crippen LogP contribution in [0.15, 0.2) is 42.6 Å². The smallest absolute Gasteiger partial charge is 0.339 e. The predicted molar refractivity (Wildman–Crippen MR) is 168 cm³/mol. The van der Waals surface area contributed by atoms with Crippen LogP contribution in [0.2, 0.25) is 5.02 Å². The standard InChI is InChI=1S/C33H37ClFN5O3/c1-19-15-27(36-20(2)28(19)31(42)43-8)38-13-14-39(33(6,7)18-38)30(41)26-12-10-22-23(21-9-11-24(34)25(35)16-21)17-40(29(22)37-26)32(3,4)5/h9-12,15-17H,13-14,18H2,1-8H3. The number of hydrogen-bond acceptors (Lipinski definition) is 6. The molecule has 0 spiro atoms. The minimum atomic E-state index is -0.533. The largest absolute Gasteiger partial charge is 0.465 e. The Morgan fingerprint density at radius 3 is 2.37 bits per heavy atom. The van der Waals surface area contributed by atoms with E-state index in [1.165, 1.54) is 13.2 Å². The molecule has 10 heteroatoms. The van der Waals surface area contributed by atoms with Gasteiger partial charge in [0.2, 0.25) is 0 Å². The van der Waals surface area contributed by atoms with Gasteiger partial charge in [-0.15, -0.1) is 0 Å². The van der Waals surface area contributed by atoms with Crippen molar-refractivity contribution in [2.24, 2.45) is 0 Å². The number of aromatic nitrogens is 3. The van der Waals surface area contributed by atoms with Crippen molar-refractivity contribution in [2.45, 2.75) is 59.5 Å². The molecule has 43 heavy (non-hydrogen) atoms. The first-order valence-electron chi connectivity index (χ1n) is 14.2. The van der Waals surface area contributed by atoms with E-state index in [1.807, 2.05) is 48.6 Å². The van der Waals surface area contributed by atoms with Gasteiger partial charge < -0.3 is 19.1 Å². The van der Waals surface area contributed by atoms with Crippen LogP contribution in [-0.2, 0) is 10.3 Å². The van der Waals surface area contributed by atoms with Gasteiger partial charge in [0.1, 0.15) is 23.0 Å². The summed E-state index contributed by atoms with van der Waals surface area (Å²) in [5.41, 5.74) is 3.51. The summed E-state index contributed by atoms with van der Waals surface area (Å²) in [6.45, 7) is 15.5. The molecule has 4 aromatic rings. The van der Waals surface area contributed by atoms with Gasteiger partial charge in [-0.3, -0.25) is 4.79 Å². The summed E-state index contributed by atoms with van der Waals surface area (Å²) in [6, 6.07) is 10.3. The Balaban J connectivity index is 1.46. The summed E-state index contributed by atoms with van der Waals surface area (Å²) in [7, 11) is 1.36. The fraction of sp³-hybridized carbons (Fsp3) is 0.394. The SMILES string of the molecule is COC(=O)c1c(C)cc(N2CCN(C(=O)c3ccc4c(-c5ccc(Cl)c(F)c5)cn(C(C)(C)C)c4n3)C(C)(C)C2)nc1C. The monoisotopic (exact) mass is 605 g/mol. The summed E-state index contributed by atoms with van der Waals surface area (Å²) in [5, 5.41) is 0.890. The molecule has 1 amide bonds. The van der Waals surface area contributed by atoms with E-state index in [0.29, 0.717) is 47.8 Å². The summed E-state index contributed by atoms with van der Waals surface area (Å²) < 4.78 is 21.3. The van der Waals surface area contributed by atoms with Crippen molar-refractivity contribution in [2.75, 3.05) is 31.6 Å².